The number of rotatable bonds is 6. The van der Waals surface area contributed by atoms with Crippen molar-refractivity contribution in [3.05, 3.63) is 54.1 Å². The Morgan fingerprint density at radius 3 is 2.29 bits per heavy atom. The van der Waals surface area contributed by atoms with Gasteiger partial charge in [-0.05, 0) is 48.6 Å². The van der Waals surface area contributed by atoms with Gasteiger partial charge in [-0.3, -0.25) is 24.2 Å². The number of nitrogens with zero attached hydrogens (tertiary/aromatic N) is 3. The number of para-hydroxylation sites is 1. The maximum Gasteiger partial charge on any atom is 0.235 e. The monoisotopic (exact) mass is 475 g/mol. The summed E-state index contributed by atoms with van der Waals surface area (Å²) in [7, 11) is 0. The van der Waals surface area contributed by atoms with Crippen molar-refractivity contribution in [3.63, 3.8) is 0 Å². The molecule has 176 valence electrons. The fourth-order valence-corrected chi connectivity index (χ4v) is 6.10. The molecule has 2 aliphatic rings. The molecule has 0 radical (unpaired) electrons. The first-order valence-electron chi connectivity index (χ1n) is 12.1. The molecule has 6 nitrogen and oxygen atoms in total. The predicted molar refractivity (Wildman–Crippen MR) is 134 cm³/mol. The van der Waals surface area contributed by atoms with E-state index in [0.29, 0.717) is 11.0 Å². The van der Waals surface area contributed by atoms with Crippen molar-refractivity contribution < 1.29 is 14.4 Å². The van der Waals surface area contributed by atoms with E-state index in [-0.39, 0.29) is 42.5 Å². The van der Waals surface area contributed by atoms with E-state index in [9.17, 15) is 14.4 Å². The lowest BCUT2D eigenvalue weighted by molar-refractivity contribution is -0.140. The highest BCUT2D eigenvalue weighted by Crippen LogP contribution is 2.39. The molecule has 34 heavy (non-hydrogen) atoms. The number of imide groups is 1. The first-order chi connectivity index (χ1) is 16.4. The number of fused-ring (bicyclic) bond motifs is 2. The second-order valence-corrected chi connectivity index (χ2v) is 10.5. The number of likely N-dealkylation sites (tertiary alicyclic amines) is 1. The highest BCUT2D eigenvalue weighted by Gasteiger charge is 2.48. The Bertz CT molecular complexity index is 1180. The van der Waals surface area contributed by atoms with Gasteiger partial charge in [0, 0.05) is 13.0 Å². The van der Waals surface area contributed by atoms with E-state index in [1.165, 1.54) is 21.8 Å². The highest BCUT2D eigenvalue weighted by atomic mass is 32.1. The Hall–Kier alpha value is -3.06. The van der Waals surface area contributed by atoms with Gasteiger partial charge in [0.1, 0.15) is 0 Å². The maximum atomic E-state index is 13.6. The van der Waals surface area contributed by atoms with E-state index in [1.807, 2.05) is 48.5 Å². The van der Waals surface area contributed by atoms with Crippen LogP contribution >= 0.6 is 11.3 Å². The lowest BCUT2D eigenvalue weighted by Crippen LogP contribution is -2.36. The van der Waals surface area contributed by atoms with E-state index in [4.69, 9.17) is 4.98 Å². The molecule has 7 heteroatoms. The number of carbonyl (C=O) groups excluding carboxylic acids is 3. The minimum Gasteiger partial charge on any atom is -0.282 e. The normalized spacial score (nSPS) is 20.3. The number of hydrogen-bond donors (Lipinski definition) is 0. The van der Waals surface area contributed by atoms with Crippen LogP contribution in [0.5, 0.6) is 0 Å². The van der Waals surface area contributed by atoms with Gasteiger partial charge in [-0.25, -0.2) is 4.98 Å². The van der Waals surface area contributed by atoms with E-state index >= 15 is 0 Å². The number of hydrogen-bond acceptors (Lipinski definition) is 5. The minimum atomic E-state index is -0.194. The third-order valence-electron chi connectivity index (χ3n) is 7.02. The van der Waals surface area contributed by atoms with Crippen molar-refractivity contribution in [2.75, 3.05) is 11.4 Å². The summed E-state index contributed by atoms with van der Waals surface area (Å²) in [6, 6.07) is 15.8. The molecule has 0 spiro atoms. The van der Waals surface area contributed by atoms with E-state index in [2.05, 4.69) is 13.8 Å². The Labute approximate surface area is 203 Å². The van der Waals surface area contributed by atoms with Crippen LogP contribution < -0.4 is 4.90 Å². The molecule has 0 N–H and O–H groups in total. The molecule has 1 aliphatic heterocycles. The van der Waals surface area contributed by atoms with Crippen LogP contribution in [0.15, 0.2) is 48.5 Å². The van der Waals surface area contributed by atoms with Crippen LogP contribution in [0, 0.1) is 11.8 Å². The fraction of sp³-hybridized carbons (Fsp3) is 0.407. The molecule has 1 saturated heterocycles. The van der Waals surface area contributed by atoms with Gasteiger partial charge in [-0.2, -0.15) is 0 Å². The van der Waals surface area contributed by atoms with Gasteiger partial charge in [0.05, 0.1) is 27.7 Å². The third-order valence-corrected chi connectivity index (χ3v) is 8.04. The van der Waals surface area contributed by atoms with Gasteiger partial charge in [-0.1, -0.05) is 62.3 Å². The molecule has 1 aromatic heterocycles. The van der Waals surface area contributed by atoms with Crippen LogP contribution in [0.1, 0.15) is 57.4 Å². The number of thiazole rings is 1. The molecule has 3 aromatic rings. The Kier molecular flexibility index (Phi) is 6.21. The van der Waals surface area contributed by atoms with Crippen LogP contribution in [0.25, 0.3) is 10.2 Å². The molecule has 2 fully saturated rings. The summed E-state index contributed by atoms with van der Waals surface area (Å²) in [5.41, 5.74) is 2.77. The molecule has 5 rings (SSSR count). The SMILES string of the molecule is CC(C)c1ccc(N(C(=O)CCN2C(=O)C3CCCCC3C2=O)c2nc3ccccc3s2)cc1. The van der Waals surface area contributed by atoms with Gasteiger partial charge < -0.3 is 0 Å². The Morgan fingerprint density at radius 2 is 1.68 bits per heavy atom. The van der Waals surface area contributed by atoms with Gasteiger partial charge in [-0.15, -0.1) is 0 Å². The smallest absolute Gasteiger partial charge is 0.235 e. The summed E-state index contributed by atoms with van der Waals surface area (Å²) in [5, 5.41) is 0.594. The van der Waals surface area contributed by atoms with Crippen LogP contribution in [0.3, 0.4) is 0 Å². The molecule has 2 atom stereocenters. The van der Waals surface area contributed by atoms with Crippen LogP contribution in [-0.4, -0.2) is 34.2 Å². The zero-order chi connectivity index (χ0) is 23.8. The second-order valence-electron chi connectivity index (χ2n) is 9.52. The fourth-order valence-electron chi connectivity index (χ4n) is 5.10. The largest absolute Gasteiger partial charge is 0.282 e. The predicted octanol–water partition coefficient (Wildman–Crippen LogP) is 5.65. The van der Waals surface area contributed by atoms with E-state index in [1.54, 1.807) is 4.90 Å². The lowest BCUT2D eigenvalue weighted by Gasteiger charge is -2.22. The van der Waals surface area contributed by atoms with Gasteiger partial charge in [0.2, 0.25) is 17.7 Å². The average Bonchev–Trinajstić information content (AvgIpc) is 3.37. The average molecular weight is 476 g/mol. The quantitative estimate of drug-likeness (QED) is 0.432. The van der Waals surface area contributed by atoms with Gasteiger partial charge in [0.15, 0.2) is 5.13 Å². The maximum absolute atomic E-state index is 13.6. The Balaban J connectivity index is 1.41. The van der Waals surface area contributed by atoms with Crippen molar-refractivity contribution in [2.24, 2.45) is 11.8 Å². The molecule has 2 heterocycles. The molecule has 1 aliphatic carbocycles. The summed E-state index contributed by atoms with van der Waals surface area (Å²) in [6.07, 6.45) is 3.60. The topological polar surface area (TPSA) is 70.6 Å². The molecule has 0 bridgehead atoms. The van der Waals surface area contributed by atoms with Crippen LogP contribution in [0.4, 0.5) is 10.8 Å². The summed E-state index contributed by atoms with van der Waals surface area (Å²) in [6.45, 7) is 4.38. The lowest BCUT2D eigenvalue weighted by atomic mass is 9.81. The summed E-state index contributed by atoms with van der Waals surface area (Å²) < 4.78 is 1.00. The first-order valence-corrected chi connectivity index (χ1v) is 12.9. The van der Waals surface area contributed by atoms with E-state index in [0.717, 1.165) is 41.6 Å². The van der Waals surface area contributed by atoms with Crippen molar-refractivity contribution >= 4 is 50.1 Å². The van der Waals surface area contributed by atoms with Gasteiger partial charge >= 0.3 is 0 Å². The standard InChI is InChI=1S/C27H29N3O3S/c1-17(2)18-11-13-19(14-12-18)30(27-28-22-9-5-6-10-23(22)34-27)24(31)15-16-29-25(32)20-7-3-4-8-21(20)26(29)33/h5-6,9-14,17,20-21H,3-4,7-8,15-16H2,1-2H3. The van der Waals surface area contributed by atoms with Crippen molar-refractivity contribution in [3.8, 4) is 0 Å². The van der Waals surface area contributed by atoms with Crippen LogP contribution in [0.2, 0.25) is 0 Å². The second kappa shape index (κ2) is 9.29. The van der Waals surface area contributed by atoms with Crippen molar-refractivity contribution in [1.82, 2.24) is 9.88 Å². The molecular weight excluding hydrogens is 446 g/mol. The number of amides is 3. The molecule has 2 aromatic carbocycles. The zero-order valence-electron chi connectivity index (χ0n) is 19.6. The summed E-state index contributed by atoms with van der Waals surface area (Å²) in [4.78, 5) is 47.0. The van der Waals surface area contributed by atoms with Crippen LogP contribution in [-0.2, 0) is 14.4 Å². The summed E-state index contributed by atoms with van der Waals surface area (Å²) >= 11 is 1.46. The number of carbonyl (C=O) groups is 3. The number of anilines is 2. The third kappa shape index (κ3) is 4.13. The molecule has 2 unspecified atom stereocenters. The molecule has 1 saturated carbocycles. The molecular formula is C27H29N3O3S. The minimum absolute atomic E-state index is 0.0682. The van der Waals surface area contributed by atoms with Crippen molar-refractivity contribution in [1.29, 1.82) is 0 Å². The highest BCUT2D eigenvalue weighted by molar-refractivity contribution is 7.22. The van der Waals surface area contributed by atoms with Gasteiger partial charge in [0.25, 0.3) is 0 Å². The summed E-state index contributed by atoms with van der Waals surface area (Å²) in [5.74, 6) is -0.380. The zero-order valence-corrected chi connectivity index (χ0v) is 20.4. The van der Waals surface area contributed by atoms with Crippen molar-refractivity contribution in [2.45, 2.75) is 51.9 Å². The first kappa shape index (κ1) is 22.7. The van der Waals surface area contributed by atoms with E-state index < -0.39 is 0 Å². The Morgan fingerprint density at radius 1 is 1.03 bits per heavy atom. The number of benzene rings is 2. The number of aromatic nitrogens is 1. The molecule has 3 amide bonds.